The maximum absolute atomic E-state index is 6.34. The summed E-state index contributed by atoms with van der Waals surface area (Å²) in [7, 11) is 0. The first-order valence-electron chi connectivity index (χ1n) is 9.40. The van der Waals surface area contributed by atoms with Crippen LogP contribution >= 0.6 is 0 Å². The van der Waals surface area contributed by atoms with E-state index in [1.54, 1.807) is 0 Å². The quantitative estimate of drug-likeness (QED) is 0.606. The van der Waals surface area contributed by atoms with Gasteiger partial charge in [0.25, 0.3) is 0 Å². The van der Waals surface area contributed by atoms with Crippen LogP contribution in [-0.4, -0.2) is 18.5 Å². The molecular weight excluding hydrogens is 324 g/mol. The maximum atomic E-state index is 6.34. The molecule has 3 nitrogen and oxygen atoms in total. The Kier molecular flexibility index (Phi) is 7.01. The zero-order valence-corrected chi connectivity index (χ0v) is 15.5. The average molecular weight is 352 g/mol. The summed E-state index contributed by atoms with van der Waals surface area (Å²) in [6, 6.07) is 20.4. The van der Waals surface area contributed by atoms with Crippen LogP contribution in [0.15, 0.2) is 72.8 Å². The van der Waals surface area contributed by atoms with E-state index in [9.17, 15) is 0 Å². The molecule has 2 atom stereocenters. The van der Waals surface area contributed by atoms with E-state index in [1.165, 1.54) is 0 Å². The second-order valence-electron chi connectivity index (χ2n) is 6.74. The van der Waals surface area contributed by atoms with Gasteiger partial charge in [-0.05, 0) is 30.9 Å². The van der Waals surface area contributed by atoms with Crippen LogP contribution in [0.2, 0.25) is 0 Å². The van der Waals surface area contributed by atoms with Crippen LogP contribution in [0.3, 0.4) is 0 Å². The highest BCUT2D eigenvalue weighted by Gasteiger charge is 2.38. The van der Waals surface area contributed by atoms with Crippen LogP contribution in [-0.2, 0) is 27.4 Å². The van der Waals surface area contributed by atoms with Crippen LogP contribution in [0.1, 0.15) is 37.3 Å². The molecule has 0 spiro atoms. The summed E-state index contributed by atoms with van der Waals surface area (Å²) >= 11 is 0. The lowest BCUT2D eigenvalue weighted by Gasteiger charge is -2.40. The van der Waals surface area contributed by atoms with Crippen LogP contribution in [0.4, 0.5) is 0 Å². The Labute approximate surface area is 156 Å². The zero-order valence-electron chi connectivity index (χ0n) is 15.5. The molecule has 26 heavy (non-hydrogen) atoms. The van der Waals surface area contributed by atoms with Gasteiger partial charge in [0.2, 0.25) is 0 Å². The first-order chi connectivity index (χ1) is 12.8. The Morgan fingerprint density at radius 1 is 1.00 bits per heavy atom. The first kappa shape index (κ1) is 18.8. The molecule has 3 rings (SSSR count). The fourth-order valence-electron chi connectivity index (χ4n) is 3.26. The van der Waals surface area contributed by atoms with Gasteiger partial charge >= 0.3 is 0 Å². The Bertz CT molecular complexity index is 668. The summed E-state index contributed by atoms with van der Waals surface area (Å²) in [5.74, 6) is -0.687. The van der Waals surface area contributed by atoms with Gasteiger partial charge in [-0.1, -0.05) is 72.8 Å². The minimum atomic E-state index is -0.687. The SMILES string of the molecule is CC=CC1CCCC(COCc2ccccc2)(OCc2ccccc2)O1. The fraction of sp³-hybridized carbons (Fsp3) is 0.391. The van der Waals surface area contributed by atoms with Gasteiger partial charge in [0.05, 0.1) is 19.3 Å². The summed E-state index contributed by atoms with van der Waals surface area (Å²) in [6.45, 7) is 3.55. The predicted molar refractivity (Wildman–Crippen MR) is 104 cm³/mol. The lowest BCUT2D eigenvalue weighted by atomic mass is 10.0. The fourth-order valence-corrected chi connectivity index (χ4v) is 3.26. The Balaban J connectivity index is 1.64. The van der Waals surface area contributed by atoms with Crippen molar-refractivity contribution in [2.24, 2.45) is 0 Å². The van der Waals surface area contributed by atoms with E-state index in [2.05, 4.69) is 30.3 Å². The molecule has 0 bridgehead atoms. The summed E-state index contributed by atoms with van der Waals surface area (Å²) in [6.07, 6.45) is 7.19. The molecule has 0 N–H and O–H groups in total. The smallest absolute Gasteiger partial charge is 0.192 e. The molecule has 2 aromatic rings. The van der Waals surface area contributed by atoms with E-state index < -0.39 is 5.79 Å². The lowest BCUT2D eigenvalue weighted by Crippen LogP contribution is -2.46. The van der Waals surface area contributed by atoms with Crippen molar-refractivity contribution in [3.63, 3.8) is 0 Å². The topological polar surface area (TPSA) is 27.7 Å². The van der Waals surface area contributed by atoms with E-state index in [1.807, 2.05) is 49.4 Å². The van der Waals surface area contributed by atoms with Crippen molar-refractivity contribution in [3.8, 4) is 0 Å². The van der Waals surface area contributed by atoms with Gasteiger partial charge in [0, 0.05) is 6.42 Å². The number of benzene rings is 2. The zero-order chi connectivity index (χ0) is 18.1. The molecule has 1 saturated heterocycles. The van der Waals surface area contributed by atoms with Gasteiger partial charge in [-0.25, -0.2) is 0 Å². The van der Waals surface area contributed by atoms with Crippen molar-refractivity contribution in [2.45, 2.75) is 51.3 Å². The molecule has 0 saturated carbocycles. The van der Waals surface area contributed by atoms with Gasteiger partial charge in [-0.3, -0.25) is 0 Å². The molecule has 0 radical (unpaired) electrons. The number of ether oxygens (including phenoxy) is 3. The molecule has 0 amide bonds. The summed E-state index contributed by atoms with van der Waals surface area (Å²) in [5.41, 5.74) is 2.30. The van der Waals surface area contributed by atoms with Crippen molar-refractivity contribution in [2.75, 3.05) is 6.61 Å². The van der Waals surface area contributed by atoms with Gasteiger partial charge in [-0.15, -0.1) is 0 Å². The second kappa shape index (κ2) is 9.67. The van der Waals surface area contributed by atoms with Gasteiger partial charge in [0.15, 0.2) is 5.79 Å². The van der Waals surface area contributed by atoms with E-state index in [-0.39, 0.29) is 6.10 Å². The number of hydrogen-bond acceptors (Lipinski definition) is 3. The van der Waals surface area contributed by atoms with E-state index in [4.69, 9.17) is 14.2 Å². The maximum Gasteiger partial charge on any atom is 0.192 e. The molecule has 1 aliphatic rings. The van der Waals surface area contributed by atoms with Gasteiger partial charge in [-0.2, -0.15) is 0 Å². The predicted octanol–water partition coefficient (Wildman–Crippen LogP) is 5.26. The third kappa shape index (κ3) is 5.53. The van der Waals surface area contributed by atoms with Crippen molar-refractivity contribution in [1.82, 2.24) is 0 Å². The molecular formula is C23H28O3. The van der Waals surface area contributed by atoms with Crippen molar-refractivity contribution >= 4 is 0 Å². The molecule has 2 unspecified atom stereocenters. The highest BCUT2D eigenvalue weighted by molar-refractivity contribution is 5.14. The standard InChI is InChI=1S/C23H28O3/c1-2-10-22-15-9-16-23(26-22,25-18-21-13-7-4-8-14-21)19-24-17-20-11-5-3-6-12-20/h2-8,10-14,22H,9,15-19H2,1H3. The highest BCUT2D eigenvalue weighted by atomic mass is 16.7. The number of allylic oxidation sites excluding steroid dienone is 1. The minimum Gasteiger partial charge on any atom is -0.371 e. The molecule has 138 valence electrons. The molecule has 1 heterocycles. The first-order valence-corrected chi connectivity index (χ1v) is 9.40. The molecule has 2 aromatic carbocycles. The molecule has 1 fully saturated rings. The molecule has 0 aliphatic carbocycles. The second-order valence-corrected chi connectivity index (χ2v) is 6.74. The molecule has 3 heteroatoms. The van der Waals surface area contributed by atoms with Crippen molar-refractivity contribution in [1.29, 1.82) is 0 Å². The molecule has 0 aromatic heterocycles. The minimum absolute atomic E-state index is 0.0878. The van der Waals surface area contributed by atoms with Gasteiger partial charge < -0.3 is 14.2 Å². The Morgan fingerprint density at radius 2 is 1.65 bits per heavy atom. The van der Waals surface area contributed by atoms with E-state index >= 15 is 0 Å². The summed E-state index contributed by atoms with van der Waals surface area (Å²) in [4.78, 5) is 0. The van der Waals surface area contributed by atoms with Crippen molar-refractivity contribution in [3.05, 3.63) is 83.9 Å². The monoisotopic (exact) mass is 352 g/mol. The van der Waals surface area contributed by atoms with E-state index in [0.29, 0.717) is 19.8 Å². The number of rotatable bonds is 8. The summed E-state index contributed by atoms with van der Waals surface area (Å²) < 4.78 is 18.6. The van der Waals surface area contributed by atoms with Gasteiger partial charge in [0.1, 0.15) is 6.61 Å². The van der Waals surface area contributed by atoms with Crippen LogP contribution < -0.4 is 0 Å². The average Bonchev–Trinajstić information content (AvgIpc) is 2.69. The van der Waals surface area contributed by atoms with Crippen molar-refractivity contribution < 1.29 is 14.2 Å². The van der Waals surface area contributed by atoms with Crippen LogP contribution in [0.5, 0.6) is 0 Å². The Morgan fingerprint density at radius 3 is 2.31 bits per heavy atom. The number of hydrogen-bond donors (Lipinski definition) is 0. The lowest BCUT2D eigenvalue weighted by molar-refractivity contribution is -0.297. The third-order valence-electron chi connectivity index (χ3n) is 4.60. The van der Waals surface area contributed by atoms with Crippen LogP contribution in [0.25, 0.3) is 0 Å². The summed E-state index contributed by atoms with van der Waals surface area (Å²) in [5, 5.41) is 0. The highest BCUT2D eigenvalue weighted by Crippen LogP contribution is 2.32. The Hall–Kier alpha value is -1.94. The largest absolute Gasteiger partial charge is 0.371 e. The van der Waals surface area contributed by atoms with E-state index in [0.717, 1.165) is 30.4 Å². The third-order valence-corrected chi connectivity index (χ3v) is 4.60. The normalized spacial score (nSPS) is 23.3. The molecule has 1 aliphatic heterocycles. The van der Waals surface area contributed by atoms with Crippen LogP contribution in [0, 0.1) is 0 Å².